The first-order valence-electron chi connectivity index (χ1n) is 10.9. The molecular weight excluding hydrogens is 410 g/mol. The zero-order chi connectivity index (χ0) is 21.3. The van der Waals surface area contributed by atoms with Crippen molar-refractivity contribution in [2.24, 2.45) is 0 Å². The molecule has 0 bridgehead atoms. The molecule has 0 amide bonds. The predicted octanol–water partition coefficient (Wildman–Crippen LogP) is 3.73. The minimum atomic E-state index is -3.46. The van der Waals surface area contributed by atoms with Crippen LogP contribution in [0, 0.1) is 0 Å². The molecule has 1 aromatic heterocycles. The van der Waals surface area contributed by atoms with Crippen molar-refractivity contribution in [1.29, 1.82) is 0 Å². The SMILES string of the molecule is O=S(=O)(c1ccc2c(c1)CCCC2)N1CCN(Cc2ncc(-c3ccccc3)o2)CC1. The molecule has 5 rings (SSSR count). The number of aromatic nitrogens is 1. The van der Waals surface area contributed by atoms with Crippen LogP contribution in [0.15, 0.2) is 64.0 Å². The molecule has 0 radical (unpaired) electrons. The monoisotopic (exact) mass is 437 g/mol. The van der Waals surface area contributed by atoms with E-state index in [1.165, 1.54) is 17.5 Å². The maximum Gasteiger partial charge on any atom is 0.243 e. The first-order valence-corrected chi connectivity index (χ1v) is 12.4. The van der Waals surface area contributed by atoms with Crippen LogP contribution in [-0.2, 0) is 29.4 Å². The molecule has 0 N–H and O–H groups in total. The maximum absolute atomic E-state index is 13.2. The average Bonchev–Trinajstić information content (AvgIpc) is 3.28. The number of aryl methyl sites for hydroxylation is 2. The van der Waals surface area contributed by atoms with E-state index >= 15 is 0 Å². The van der Waals surface area contributed by atoms with E-state index in [1.807, 2.05) is 42.5 Å². The highest BCUT2D eigenvalue weighted by molar-refractivity contribution is 7.89. The van der Waals surface area contributed by atoms with Gasteiger partial charge >= 0.3 is 0 Å². The fourth-order valence-corrected chi connectivity index (χ4v) is 5.93. The molecule has 0 unspecified atom stereocenters. The van der Waals surface area contributed by atoms with Gasteiger partial charge in [-0.2, -0.15) is 4.31 Å². The Balaban J connectivity index is 1.22. The van der Waals surface area contributed by atoms with E-state index in [2.05, 4.69) is 9.88 Å². The molecule has 2 heterocycles. The van der Waals surface area contributed by atoms with Crippen LogP contribution in [0.1, 0.15) is 29.9 Å². The van der Waals surface area contributed by atoms with Crippen LogP contribution in [0.2, 0.25) is 0 Å². The largest absolute Gasteiger partial charge is 0.439 e. The Morgan fingerprint density at radius 3 is 2.42 bits per heavy atom. The first kappa shape index (κ1) is 20.4. The molecule has 2 aromatic carbocycles. The summed E-state index contributed by atoms with van der Waals surface area (Å²) >= 11 is 0. The van der Waals surface area contributed by atoms with Gasteiger partial charge in [0.05, 0.1) is 17.6 Å². The van der Waals surface area contributed by atoms with Crippen LogP contribution in [0.4, 0.5) is 0 Å². The second-order valence-electron chi connectivity index (χ2n) is 8.30. The Morgan fingerprint density at radius 1 is 0.903 bits per heavy atom. The molecule has 0 saturated carbocycles. The van der Waals surface area contributed by atoms with Crippen LogP contribution < -0.4 is 0 Å². The minimum absolute atomic E-state index is 0.432. The van der Waals surface area contributed by atoms with Crippen LogP contribution in [0.25, 0.3) is 11.3 Å². The number of piperazine rings is 1. The third-order valence-corrected chi connectivity index (χ3v) is 8.15. The van der Waals surface area contributed by atoms with Gasteiger partial charge < -0.3 is 4.42 Å². The van der Waals surface area contributed by atoms with Gasteiger partial charge in [-0.05, 0) is 48.9 Å². The highest BCUT2D eigenvalue weighted by Gasteiger charge is 2.29. The summed E-state index contributed by atoms with van der Waals surface area (Å²) in [6, 6.07) is 15.6. The number of benzene rings is 2. The molecule has 7 heteroatoms. The lowest BCUT2D eigenvalue weighted by Crippen LogP contribution is -2.48. The quantitative estimate of drug-likeness (QED) is 0.609. The fraction of sp³-hybridized carbons (Fsp3) is 0.375. The lowest BCUT2D eigenvalue weighted by atomic mass is 9.92. The van der Waals surface area contributed by atoms with Crippen LogP contribution in [0.5, 0.6) is 0 Å². The molecule has 1 aliphatic carbocycles. The molecule has 1 fully saturated rings. The summed E-state index contributed by atoms with van der Waals surface area (Å²) in [4.78, 5) is 7.03. The van der Waals surface area contributed by atoms with E-state index in [9.17, 15) is 8.42 Å². The second-order valence-corrected chi connectivity index (χ2v) is 10.2. The maximum atomic E-state index is 13.2. The zero-order valence-electron chi connectivity index (χ0n) is 17.5. The molecule has 2 aliphatic rings. The average molecular weight is 438 g/mol. The van der Waals surface area contributed by atoms with E-state index < -0.39 is 10.0 Å². The van der Waals surface area contributed by atoms with Gasteiger partial charge in [0.15, 0.2) is 5.76 Å². The Morgan fingerprint density at radius 2 is 1.65 bits per heavy atom. The van der Waals surface area contributed by atoms with Gasteiger partial charge in [-0.25, -0.2) is 13.4 Å². The van der Waals surface area contributed by atoms with E-state index in [0.717, 1.165) is 30.6 Å². The number of fused-ring (bicyclic) bond motifs is 1. The summed E-state index contributed by atoms with van der Waals surface area (Å²) in [5, 5.41) is 0. The number of hydrogen-bond donors (Lipinski definition) is 0. The van der Waals surface area contributed by atoms with Crippen molar-refractivity contribution in [3.05, 3.63) is 71.7 Å². The highest BCUT2D eigenvalue weighted by Crippen LogP contribution is 2.26. The summed E-state index contributed by atoms with van der Waals surface area (Å²) in [6.45, 7) is 2.86. The lowest BCUT2D eigenvalue weighted by Gasteiger charge is -2.33. The molecule has 1 saturated heterocycles. The normalized spacial score (nSPS) is 18.1. The van der Waals surface area contributed by atoms with Crippen molar-refractivity contribution in [1.82, 2.24) is 14.2 Å². The summed E-state index contributed by atoms with van der Waals surface area (Å²) in [5.74, 6) is 1.41. The van der Waals surface area contributed by atoms with Crippen LogP contribution in [0.3, 0.4) is 0 Å². The summed E-state index contributed by atoms with van der Waals surface area (Å²) in [6.07, 6.45) is 6.12. The van der Waals surface area contributed by atoms with E-state index in [-0.39, 0.29) is 0 Å². The van der Waals surface area contributed by atoms with E-state index in [1.54, 1.807) is 16.6 Å². The summed E-state index contributed by atoms with van der Waals surface area (Å²) < 4.78 is 33.9. The Hall–Kier alpha value is -2.48. The lowest BCUT2D eigenvalue weighted by molar-refractivity contribution is 0.168. The van der Waals surface area contributed by atoms with Crippen LogP contribution in [-0.4, -0.2) is 48.8 Å². The van der Waals surface area contributed by atoms with Crippen molar-refractivity contribution in [3.63, 3.8) is 0 Å². The number of hydrogen-bond acceptors (Lipinski definition) is 5. The first-order chi connectivity index (χ1) is 15.1. The third kappa shape index (κ3) is 4.31. The van der Waals surface area contributed by atoms with Crippen molar-refractivity contribution in [2.45, 2.75) is 37.1 Å². The summed E-state index contributed by atoms with van der Waals surface area (Å²) in [5.41, 5.74) is 3.50. The van der Waals surface area contributed by atoms with E-state index in [4.69, 9.17) is 4.42 Å². The molecule has 31 heavy (non-hydrogen) atoms. The number of oxazole rings is 1. The Bertz CT molecular complexity index is 1150. The predicted molar refractivity (Wildman–Crippen MR) is 119 cm³/mol. The zero-order valence-corrected chi connectivity index (χ0v) is 18.4. The molecule has 162 valence electrons. The van der Waals surface area contributed by atoms with Crippen molar-refractivity contribution in [3.8, 4) is 11.3 Å². The van der Waals surface area contributed by atoms with Crippen molar-refractivity contribution in [2.75, 3.05) is 26.2 Å². The van der Waals surface area contributed by atoms with Crippen molar-refractivity contribution < 1.29 is 12.8 Å². The standard InChI is InChI=1S/C24H27N3O3S/c28-31(29,22-11-10-19-6-4-5-9-21(19)16-22)27-14-12-26(13-15-27)18-24-25-17-23(30-24)20-7-2-1-3-8-20/h1-3,7-8,10-11,16-17H,4-6,9,12-15,18H2. The van der Waals surface area contributed by atoms with Gasteiger partial charge in [0.2, 0.25) is 15.9 Å². The number of nitrogens with zero attached hydrogens (tertiary/aromatic N) is 3. The molecule has 3 aromatic rings. The molecule has 0 atom stereocenters. The Labute approximate surface area is 183 Å². The van der Waals surface area contributed by atoms with Gasteiger partial charge in [0, 0.05) is 31.7 Å². The van der Waals surface area contributed by atoms with Gasteiger partial charge in [-0.3, -0.25) is 4.90 Å². The second kappa shape index (κ2) is 8.57. The van der Waals surface area contributed by atoms with Gasteiger partial charge in [-0.15, -0.1) is 0 Å². The summed E-state index contributed by atoms with van der Waals surface area (Å²) in [7, 11) is -3.46. The Kier molecular flexibility index (Phi) is 5.65. The van der Waals surface area contributed by atoms with E-state index in [0.29, 0.717) is 43.5 Å². The van der Waals surface area contributed by atoms with Crippen molar-refractivity contribution >= 4 is 10.0 Å². The number of rotatable bonds is 5. The van der Waals surface area contributed by atoms with Gasteiger partial charge in [0.1, 0.15) is 0 Å². The number of sulfonamides is 1. The van der Waals surface area contributed by atoms with Gasteiger partial charge in [0.25, 0.3) is 0 Å². The molecule has 1 aliphatic heterocycles. The van der Waals surface area contributed by atoms with Crippen LogP contribution >= 0.6 is 0 Å². The molecule has 0 spiro atoms. The smallest absolute Gasteiger partial charge is 0.243 e. The molecule has 6 nitrogen and oxygen atoms in total. The minimum Gasteiger partial charge on any atom is -0.439 e. The fourth-order valence-electron chi connectivity index (χ4n) is 4.46. The third-order valence-electron chi connectivity index (χ3n) is 6.26. The highest BCUT2D eigenvalue weighted by atomic mass is 32.2. The molecular formula is C24H27N3O3S. The van der Waals surface area contributed by atoms with Gasteiger partial charge in [-0.1, -0.05) is 36.4 Å². The topological polar surface area (TPSA) is 66.7 Å².